The molecule has 0 saturated carbocycles. The monoisotopic (exact) mass is 927 g/mol. The number of aromatic nitrogens is 1. The Morgan fingerprint density at radius 1 is 0.955 bits per heavy atom. The molecule has 7 rings (SSSR count). The Kier molecular flexibility index (Phi) is 13.9. The van der Waals surface area contributed by atoms with E-state index in [1.54, 1.807) is 45.9 Å². The Morgan fingerprint density at radius 2 is 1.63 bits per heavy atom. The Bertz CT molecular complexity index is 2870. The predicted octanol–water partition coefficient (Wildman–Crippen LogP) is 4.28. The number of rotatable bonds is 4. The number of piperidine rings is 1. The number of hydrogen-bond donors (Lipinski definition) is 8. The largest absolute Gasteiger partial charge is 0.507 e. The summed E-state index contributed by atoms with van der Waals surface area (Å²) in [6.45, 7) is 14.6. The molecule has 0 spiro atoms. The highest BCUT2D eigenvalue weighted by molar-refractivity contribution is 6.16. The lowest BCUT2D eigenvalue weighted by Crippen LogP contribution is -2.48. The fraction of sp³-hybridized carbons (Fsp3) is 0.490. The van der Waals surface area contributed by atoms with Gasteiger partial charge >= 0.3 is 11.8 Å². The molecule has 0 unspecified atom stereocenters. The Hall–Kier alpha value is -6.21. The van der Waals surface area contributed by atoms with Crippen LogP contribution in [0, 0.1) is 30.6 Å². The smallest absolute Gasteiger partial charge is 0.314 e. The summed E-state index contributed by atoms with van der Waals surface area (Å²) in [4.78, 5) is 61.8. The van der Waals surface area contributed by atoms with Crippen LogP contribution in [0.5, 0.6) is 11.5 Å². The van der Waals surface area contributed by atoms with Crippen LogP contribution in [0.2, 0.25) is 0 Å². The number of benzene rings is 3. The van der Waals surface area contributed by atoms with Crippen LogP contribution in [-0.4, -0.2) is 105 Å². The molecule has 4 heterocycles. The van der Waals surface area contributed by atoms with Crippen LogP contribution in [0.4, 0.5) is 16.2 Å². The molecular formula is C49H61N5O13. The average molecular weight is 928 g/mol. The van der Waals surface area contributed by atoms with Crippen LogP contribution < -0.4 is 41.7 Å². The molecule has 360 valence electrons. The summed E-state index contributed by atoms with van der Waals surface area (Å²) in [7, 11) is 1.44. The molecule has 3 amide bonds. The molecule has 9 atom stereocenters. The van der Waals surface area contributed by atoms with Crippen LogP contribution in [0.15, 0.2) is 62.3 Å². The summed E-state index contributed by atoms with van der Waals surface area (Å²) in [5.41, 5.74) is -1.71. The predicted molar refractivity (Wildman–Crippen MR) is 253 cm³/mol. The number of urea groups is 1. The minimum Gasteiger partial charge on any atom is -0.507 e. The van der Waals surface area contributed by atoms with E-state index >= 15 is 0 Å². The molecule has 3 aliphatic heterocycles. The van der Waals surface area contributed by atoms with E-state index in [1.165, 1.54) is 52.4 Å². The molecule has 4 aromatic rings. The Balaban J connectivity index is 1.43. The van der Waals surface area contributed by atoms with Crippen molar-refractivity contribution in [3.8, 4) is 11.5 Å². The van der Waals surface area contributed by atoms with Crippen molar-refractivity contribution in [2.24, 2.45) is 23.7 Å². The van der Waals surface area contributed by atoms with Gasteiger partial charge in [-0.1, -0.05) is 45.9 Å². The van der Waals surface area contributed by atoms with Gasteiger partial charge < -0.3 is 65.0 Å². The van der Waals surface area contributed by atoms with Gasteiger partial charge in [0, 0.05) is 97.7 Å². The molecule has 18 nitrogen and oxygen atoms in total. The molecule has 0 radical (unpaired) electrons. The summed E-state index contributed by atoms with van der Waals surface area (Å²) in [6, 6.07) is 2.69. The van der Waals surface area contributed by atoms with Gasteiger partial charge in [0.15, 0.2) is 22.4 Å². The van der Waals surface area contributed by atoms with E-state index < -0.39 is 87.8 Å². The second-order valence-corrected chi connectivity index (χ2v) is 18.2. The number of aliphatic hydroxyl groups excluding tert-OH is 4. The van der Waals surface area contributed by atoms with Gasteiger partial charge in [-0.3, -0.25) is 14.4 Å². The highest BCUT2D eigenvalue weighted by Crippen LogP contribution is 2.42. The fourth-order valence-corrected chi connectivity index (χ4v) is 9.35. The van der Waals surface area contributed by atoms with Crippen molar-refractivity contribution in [2.75, 3.05) is 37.0 Å². The number of hydrogen-bond acceptors (Lipinski definition) is 15. The van der Waals surface area contributed by atoms with Gasteiger partial charge in [-0.25, -0.2) is 9.78 Å². The number of aliphatic hydroxyl groups is 4. The molecule has 3 aliphatic rings. The first-order valence-electron chi connectivity index (χ1n) is 22.7. The van der Waals surface area contributed by atoms with Gasteiger partial charge in [0.05, 0.1) is 41.3 Å². The second-order valence-electron chi connectivity index (χ2n) is 18.2. The highest BCUT2D eigenvalue weighted by Gasteiger charge is 2.44. The maximum Gasteiger partial charge on any atom is 0.314 e. The van der Waals surface area contributed by atoms with Crippen LogP contribution in [-0.2, 0) is 14.3 Å². The third-order valence-electron chi connectivity index (χ3n) is 13.7. The van der Waals surface area contributed by atoms with Crippen LogP contribution in [0.3, 0.4) is 0 Å². The van der Waals surface area contributed by atoms with E-state index in [9.17, 15) is 44.7 Å². The first kappa shape index (κ1) is 48.7. The normalized spacial score (nSPS) is 29.6. The van der Waals surface area contributed by atoms with Gasteiger partial charge in [0.25, 0.3) is 5.91 Å². The summed E-state index contributed by atoms with van der Waals surface area (Å²) >= 11 is 0. The number of anilines is 2. The molecular weight excluding hydrogens is 867 g/mol. The Morgan fingerprint density at radius 3 is 2.30 bits per heavy atom. The quantitative estimate of drug-likeness (QED) is 0.105. The number of fused-ring (bicyclic) bond motifs is 5. The van der Waals surface area contributed by atoms with Crippen molar-refractivity contribution in [3.63, 3.8) is 0 Å². The number of nitrogens with zero attached hydrogens (tertiary/aromatic N) is 2. The van der Waals surface area contributed by atoms with E-state index in [0.717, 1.165) is 0 Å². The fourth-order valence-electron chi connectivity index (χ4n) is 9.35. The number of ether oxygens (including phenoxy) is 3. The third kappa shape index (κ3) is 9.02. The van der Waals surface area contributed by atoms with Crippen LogP contribution in [0.25, 0.3) is 38.7 Å². The van der Waals surface area contributed by atoms with Crippen molar-refractivity contribution >= 4 is 62.0 Å². The summed E-state index contributed by atoms with van der Waals surface area (Å²) in [5.74, 6) is -6.37. The minimum absolute atomic E-state index is 0.0146. The van der Waals surface area contributed by atoms with E-state index in [1.807, 2.05) is 11.8 Å². The zero-order valence-corrected chi connectivity index (χ0v) is 39.2. The number of methoxy groups -OCH3 is 1. The SMILES string of the molecule is CCNC(=O)NC1CCN(c2cc(=O)c3nc4c(oc3c2)c2c(=O)c3c(O)c(C)c5c(c34)=C(O)[C@@](C)(O/C=C/[C@H](OC)[C@@H](C)[C@@H](O)[C@H](C)[C@H](O)[C@H](C)[C@@H](O)[C@@H](C)/C=C/C=C(/C)C(=O)N2)O5)CC1. The molecule has 18 heteroatoms. The standard InChI is InChI=1S/C49H61N5O13/c1-10-50-48(63)51-28-14-17-54(18-15-28)29-20-30(55)36-32(21-29)66-45-37(52-36)33-34-42(59)27(7)44-35(33)46(61)49(8,67-44)65-19-16-31(64-9)24(4)40(57)26(6)41(58)25(5)39(56)22(2)12-11-13-23(3)47(62)53-38(45)43(34)60/h11-13,16,19-22,24-26,28,31,39-41,56-59,61H,10,14-15,17-18H2,1-9H3,(H,53,62)(H2,50,51,63)/b12-11+,19-16+,23-13-/t22-,24+,25+,26-,31-,39-,40+,41+,49-/m0/s1. The zero-order valence-electron chi connectivity index (χ0n) is 39.2. The lowest BCUT2D eigenvalue weighted by Gasteiger charge is -2.36. The number of nitrogens with one attached hydrogen (secondary N) is 3. The third-order valence-corrected chi connectivity index (χ3v) is 13.7. The number of aromatic hydroxyl groups is 1. The van der Waals surface area contributed by atoms with Gasteiger partial charge in [-0.05, 0) is 39.7 Å². The molecule has 3 aromatic carbocycles. The molecule has 0 aliphatic carbocycles. The van der Waals surface area contributed by atoms with E-state index in [4.69, 9.17) is 23.6 Å². The number of carbonyl (C=O) groups excluding carboxylic acids is 2. The van der Waals surface area contributed by atoms with Crippen molar-refractivity contribution in [3.05, 3.63) is 79.5 Å². The number of carbonyl (C=O) groups is 2. The summed E-state index contributed by atoms with van der Waals surface area (Å²) in [6.07, 6.45) is 4.56. The zero-order chi connectivity index (χ0) is 48.8. The first-order chi connectivity index (χ1) is 31.7. The van der Waals surface area contributed by atoms with Gasteiger partial charge in [-0.15, -0.1) is 0 Å². The number of allylic oxidation sites excluding steroid dienone is 2. The van der Waals surface area contributed by atoms with E-state index in [2.05, 4.69) is 16.0 Å². The van der Waals surface area contributed by atoms with E-state index in [-0.39, 0.29) is 67.1 Å². The molecule has 5 bridgehead atoms. The van der Waals surface area contributed by atoms with Crippen molar-refractivity contribution in [1.82, 2.24) is 15.6 Å². The van der Waals surface area contributed by atoms with Gasteiger partial charge in [0.2, 0.25) is 10.9 Å². The van der Waals surface area contributed by atoms with Crippen molar-refractivity contribution in [2.45, 2.75) is 104 Å². The highest BCUT2D eigenvalue weighted by atomic mass is 16.7. The van der Waals surface area contributed by atoms with Crippen molar-refractivity contribution in [1.29, 1.82) is 0 Å². The molecule has 67 heavy (non-hydrogen) atoms. The number of phenols is 1. The van der Waals surface area contributed by atoms with Gasteiger partial charge in [-0.2, -0.15) is 0 Å². The molecule has 1 aromatic heterocycles. The number of amides is 3. The lowest BCUT2D eigenvalue weighted by atomic mass is 9.78. The first-order valence-corrected chi connectivity index (χ1v) is 22.7. The lowest BCUT2D eigenvalue weighted by molar-refractivity contribution is -0.112. The van der Waals surface area contributed by atoms with Crippen LogP contribution >= 0.6 is 0 Å². The molecule has 8 N–H and O–H groups in total. The maximum absolute atomic E-state index is 14.8. The van der Waals surface area contributed by atoms with Crippen LogP contribution in [0.1, 0.15) is 66.9 Å². The minimum atomic E-state index is -1.98. The van der Waals surface area contributed by atoms with Crippen molar-refractivity contribution < 1.29 is 53.7 Å². The van der Waals surface area contributed by atoms with Gasteiger partial charge in [0.1, 0.15) is 22.7 Å². The summed E-state index contributed by atoms with van der Waals surface area (Å²) in [5, 5.41) is 65.8. The second kappa shape index (κ2) is 19.2. The maximum atomic E-state index is 14.8. The number of phenolic OH excluding ortho intramolecular Hbond substituents is 1. The molecule has 1 fully saturated rings. The average Bonchev–Trinajstić information content (AvgIpc) is 3.57. The molecule has 1 saturated heterocycles. The Labute approximate surface area is 386 Å². The summed E-state index contributed by atoms with van der Waals surface area (Å²) < 4.78 is 24.5. The van der Waals surface area contributed by atoms with E-state index in [0.29, 0.717) is 38.2 Å². The topological polar surface area (TPSA) is 262 Å².